The van der Waals surface area contributed by atoms with Crippen LogP contribution in [-0.4, -0.2) is 76.1 Å². The summed E-state index contributed by atoms with van der Waals surface area (Å²) in [6, 6.07) is 4.73. The molecule has 166 valence electrons. The van der Waals surface area contributed by atoms with E-state index >= 15 is 0 Å². The van der Waals surface area contributed by atoms with Crippen molar-refractivity contribution in [3.63, 3.8) is 0 Å². The highest BCUT2D eigenvalue weighted by Gasteiger charge is 2.34. The number of hydrogen-bond acceptors (Lipinski definition) is 6. The van der Waals surface area contributed by atoms with Gasteiger partial charge in [-0.25, -0.2) is 8.42 Å². The lowest BCUT2D eigenvalue weighted by Gasteiger charge is -2.34. The third-order valence-electron chi connectivity index (χ3n) is 6.15. The third-order valence-corrected chi connectivity index (χ3v) is 8.05. The fourth-order valence-corrected chi connectivity index (χ4v) is 5.83. The Hall–Kier alpha value is -1.84. The number of piperidine rings is 1. The number of rotatable bonds is 6. The Bertz CT molecular complexity index is 860. The van der Waals surface area contributed by atoms with Crippen molar-refractivity contribution < 1.29 is 27.4 Å². The molecule has 1 amide bonds. The molecule has 4 rings (SSSR count). The Kier molecular flexibility index (Phi) is 6.50. The first kappa shape index (κ1) is 21.4. The van der Waals surface area contributed by atoms with Gasteiger partial charge in [0.2, 0.25) is 15.9 Å². The van der Waals surface area contributed by atoms with E-state index < -0.39 is 10.0 Å². The lowest BCUT2D eigenvalue weighted by molar-refractivity contribution is -0.137. The summed E-state index contributed by atoms with van der Waals surface area (Å²) >= 11 is 0. The van der Waals surface area contributed by atoms with Gasteiger partial charge in [-0.1, -0.05) is 0 Å². The van der Waals surface area contributed by atoms with Crippen LogP contribution in [-0.2, 0) is 19.6 Å². The van der Waals surface area contributed by atoms with Crippen molar-refractivity contribution in [2.75, 3.05) is 52.6 Å². The predicted molar refractivity (Wildman–Crippen MR) is 110 cm³/mol. The average Bonchev–Trinajstić information content (AvgIpc) is 3.30. The second-order valence-corrected chi connectivity index (χ2v) is 10.0. The summed E-state index contributed by atoms with van der Waals surface area (Å²) in [5.41, 5.74) is 0. The number of ether oxygens (including phenoxy) is 3. The smallest absolute Gasteiger partial charge is 0.243 e. The van der Waals surface area contributed by atoms with E-state index in [-0.39, 0.29) is 16.7 Å². The summed E-state index contributed by atoms with van der Waals surface area (Å²) < 4.78 is 44.1. The van der Waals surface area contributed by atoms with Crippen molar-refractivity contribution in [3.8, 4) is 11.5 Å². The minimum absolute atomic E-state index is 0.126. The minimum Gasteiger partial charge on any atom is -0.486 e. The van der Waals surface area contributed by atoms with Gasteiger partial charge < -0.3 is 19.1 Å². The molecule has 30 heavy (non-hydrogen) atoms. The van der Waals surface area contributed by atoms with Gasteiger partial charge in [0.05, 0.1) is 11.5 Å². The van der Waals surface area contributed by atoms with E-state index in [1.54, 1.807) is 12.1 Å². The first-order valence-corrected chi connectivity index (χ1v) is 12.2. The van der Waals surface area contributed by atoms with E-state index in [1.165, 1.54) is 10.4 Å². The van der Waals surface area contributed by atoms with Crippen molar-refractivity contribution in [1.29, 1.82) is 0 Å². The Morgan fingerprint density at radius 3 is 2.50 bits per heavy atom. The fourth-order valence-electron chi connectivity index (χ4n) is 4.35. The van der Waals surface area contributed by atoms with Gasteiger partial charge in [0.25, 0.3) is 0 Å². The number of sulfonamides is 1. The van der Waals surface area contributed by atoms with Crippen molar-refractivity contribution in [2.45, 2.75) is 31.1 Å². The molecule has 1 aromatic carbocycles. The summed E-state index contributed by atoms with van der Waals surface area (Å²) in [7, 11) is -3.63. The van der Waals surface area contributed by atoms with E-state index in [9.17, 15) is 13.2 Å². The zero-order chi connectivity index (χ0) is 21.1. The molecule has 8 nitrogen and oxygen atoms in total. The van der Waals surface area contributed by atoms with Gasteiger partial charge in [0.1, 0.15) is 13.2 Å². The standard InChI is InChI=1S/C21H30N2O6S/c1-2-22(14-16-7-10-27-15-16)21(24)17-5-8-23(9-6-17)30(25,26)18-3-4-19-20(13-18)29-12-11-28-19/h3-4,13,16-17H,2,5-12,14-15H2,1H3. The third kappa shape index (κ3) is 4.43. The van der Waals surface area contributed by atoms with Crippen LogP contribution in [0.25, 0.3) is 0 Å². The number of hydrogen-bond donors (Lipinski definition) is 0. The highest BCUT2D eigenvalue weighted by atomic mass is 32.2. The molecule has 1 unspecified atom stereocenters. The van der Waals surface area contributed by atoms with Crippen molar-refractivity contribution in [1.82, 2.24) is 9.21 Å². The molecule has 9 heteroatoms. The van der Waals surface area contributed by atoms with Crippen LogP contribution < -0.4 is 9.47 Å². The van der Waals surface area contributed by atoms with Gasteiger partial charge in [-0.15, -0.1) is 0 Å². The SMILES string of the molecule is CCN(CC1CCOC1)C(=O)C1CCN(S(=O)(=O)c2ccc3c(c2)OCCO3)CC1. The van der Waals surface area contributed by atoms with Crippen molar-refractivity contribution in [2.24, 2.45) is 11.8 Å². The number of amides is 1. The van der Waals surface area contributed by atoms with Gasteiger partial charge in [0.15, 0.2) is 11.5 Å². The Labute approximate surface area is 178 Å². The summed E-state index contributed by atoms with van der Waals surface area (Å²) in [6.07, 6.45) is 2.08. The van der Waals surface area contributed by atoms with Gasteiger partial charge in [-0.3, -0.25) is 4.79 Å². The van der Waals surface area contributed by atoms with E-state index in [0.717, 1.165) is 26.2 Å². The number of benzene rings is 1. The van der Waals surface area contributed by atoms with E-state index in [2.05, 4.69) is 0 Å². The summed E-state index contributed by atoms with van der Waals surface area (Å²) in [5, 5.41) is 0. The number of carbonyl (C=O) groups excluding carboxylic acids is 1. The Morgan fingerprint density at radius 2 is 1.83 bits per heavy atom. The maximum atomic E-state index is 13.1. The van der Waals surface area contributed by atoms with Crippen LogP contribution in [0.5, 0.6) is 11.5 Å². The van der Waals surface area contributed by atoms with E-state index in [0.29, 0.717) is 63.1 Å². The van der Waals surface area contributed by atoms with Crippen LogP contribution in [0.1, 0.15) is 26.2 Å². The summed E-state index contributed by atoms with van der Waals surface area (Å²) in [4.78, 5) is 15.1. The van der Waals surface area contributed by atoms with Crippen LogP contribution in [0.15, 0.2) is 23.1 Å². The van der Waals surface area contributed by atoms with Crippen LogP contribution in [0.3, 0.4) is 0 Å². The largest absolute Gasteiger partial charge is 0.486 e. The molecule has 1 atom stereocenters. The van der Waals surface area contributed by atoms with E-state index in [1.807, 2.05) is 11.8 Å². The molecule has 0 bridgehead atoms. The fraction of sp³-hybridized carbons (Fsp3) is 0.667. The van der Waals surface area contributed by atoms with Crippen LogP contribution in [0.4, 0.5) is 0 Å². The first-order chi connectivity index (χ1) is 14.5. The van der Waals surface area contributed by atoms with Gasteiger partial charge in [-0.2, -0.15) is 4.31 Å². The molecule has 2 saturated heterocycles. The molecule has 0 spiro atoms. The van der Waals surface area contributed by atoms with Crippen molar-refractivity contribution >= 4 is 15.9 Å². The molecule has 0 saturated carbocycles. The average molecular weight is 439 g/mol. The molecular weight excluding hydrogens is 408 g/mol. The van der Waals surface area contributed by atoms with E-state index in [4.69, 9.17) is 14.2 Å². The lowest BCUT2D eigenvalue weighted by atomic mass is 9.96. The van der Waals surface area contributed by atoms with Crippen LogP contribution >= 0.6 is 0 Å². The monoisotopic (exact) mass is 438 g/mol. The molecular formula is C21H30N2O6S. The normalized spacial score (nSPS) is 22.8. The Balaban J connectivity index is 1.37. The van der Waals surface area contributed by atoms with Gasteiger partial charge in [0, 0.05) is 50.7 Å². The predicted octanol–water partition coefficient (Wildman–Crippen LogP) is 1.74. The molecule has 3 aliphatic heterocycles. The molecule has 2 fully saturated rings. The second-order valence-electron chi connectivity index (χ2n) is 8.09. The highest BCUT2D eigenvalue weighted by Crippen LogP contribution is 2.34. The summed E-state index contributed by atoms with van der Waals surface area (Å²) in [5.74, 6) is 1.45. The zero-order valence-corrected chi connectivity index (χ0v) is 18.2. The molecule has 3 heterocycles. The van der Waals surface area contributed by atoms with Gasteiger partial charge in [-0.05, 0) is 38.3 Å². The number of carbonyl (C=O) groups is 1. The lowest BCUT2D eigenvalue weighted by Crippen LogP contribution is -2.45. The number of nitrogens with zero attached hydrogens (tertiary/aromatic N) is 2. The highest BCUT2D eigenvalue weighted by molar-refractivity contribution is 7.89. The second kappa shape index (κ2) is 9.11. The Morgan fingerprint density at radius 1 is 1.10 bits per heavy atom. The van der Waals surface area contributed by atoms with Crippen LogP contribution in [0, 0.1) is 11.8 Å². The number of fused-ring (bicyclic) bond motifs is 1. The molecule has 0 aromatic heterocycles. The maximum absolute atomic E-state index is 13.1. The summed E-state index contributed by atoms with van der Waals surface area (Å²) in [6.45, 7) is 6.44. The van der Waals surface area contributed by atoms with Gasteiger partial charge >= 0.3 is 0 Å². The molecule has 0 aliphatic carbocycles. The molecule has 3 aliphatic rings. The van der Waals surface area contributed by atoms with Crippen molar-refractivity contribution in [3.05, 3.63) is 18.2 Å². The molecule has 0 N–H and O–H groups in total. The van der Waals surface area contributed by atoms with Crippen LogP contribution in [0.2, 0.25) is 0 Å². The molecule has 1 aromatic rings. The topological polar surface area (TPSA) is 85.4 Å². The zero-order valence-electron chi connectivity index (χ0n) is 17.4. The first-order valence-electron chi connectivity index (χ1n) is 10.8. The maximum Gasteiger partial charge on any atom is 0.243 e. The quantitative estimate of drug-likeness (QED) is 0.673. The minimum atomic E-state index is -3.63. The molecule has 0 radical (unpaired) electrons.